The lowest BCUT2D eigenvalue weighted by Crippen LogP contribution is -2.38. The molecule has 2 heterocycles. The molecule has 1 aromatic carbocycles. The molecule has 24 heavy (non-hydrogen) atoms. The molecule has 8 heteroatoms. The van der Waals surface area contributed by atoms with Gasteiger partial charge >= 0.3 is 5.97 Å². The van der Waals surface area contributed by atoms with E-state index >= 15 is 0 Å². The number of hydrogen-bond acceptors (Lipinski definition) is 7. The van der Waals surface area contributed by atoms with Gasteiger partial charge in [0.25, 0.3) is 5.69 Å². The first-order valence-corrected chi connectivity index (χ1v) is 7.37. The highest BCUT2D eigenvalue weighted by molar-refractivity contribution is 5.95. The van der Waals surface area contributed by atoms with Crippen LogP contribution in [0, 0.1) is 10.1 Å². The number of benzene rings is 1. The fourth-order valence-electron chi connectivity index (χ4n) is 2.68. The van der Waals surface area contributed by atoms with Crippen LogP contribution in [-0.4, -0.2) is 37.7 Å². The molecule has 1 aromatic heterocycles. The third-order valence-electron chi connectivity index (χ3n) is 3.87. The molecule has 1 aliphatic heterocycles. The largest absolute Gasteiger partial charge is 0.467 e. The molecule has 0 saturated carbocycles. The van der Waals surface area contributed by atoms with Crippen LogP contribution in [0.3, 0.4) is 0 Å². The molecular formula is C16H16N2O6. The molecule has 1 atom stereocenters. The molecule has 1 aliphatic rings. The summed E-state index contributed by atoms with van der Waals surface area (Å²) >= 11 is 0. The summed E-state index contributed by atoms with van der Waals surface area (Å²) in [5.41, 5.74) is 0.350. The number of furan rings is 1. The fraction of sp³-hybridized carbons (Fsp3) is 0.312. The maximum atomic E-state index is 11.8. The minimum absolute atomic E-state index is 0.0685. The standard InChI is InChI=1S/C16H16N2O6/c1-22-16(19)12-9-11(4-5-13(12)18(20)21)17-6-8-24-15(10-17)14-3-2-7-23-14/h2-5,7,9,15H,6,8,10H2,1H3. The second-order valence-electron chi connectivity index (χ2n) is 5.27. The van der Waals surface area contributed by atoms with Crippen LogP contribution in [0.25, 0.3) is 0 Å². The van der Waals surface area contributed by atoms with Gasteiger partial charge in [-0.2, -0.15) is 0 Å². The average molecular weight is 332 g/mol. The van der Waals surface area contributed by atoms with E-state index in [-0.39, 0.29) is 17.4 Å². The molecule has 0 spiro atoms. The van der Waals surface area contributed by atoms with Crippen LogP contribution in [0.4, 0.5) is 11.4 Å². The molecule has 0 aliphatic carbocycles. The van der Waals surface area contributed by atoms with E-state index in [0.29, 0.717) is 25.4 Å². The van der Waals surface area contributed by atoms with Crippen molar-refractivity contribution in [2.75, 3.05) is 31.7 Å². The van der Waals surface area contributed by atoms with E-state index in [1.54, 1.807) is 18.4 Å². The highest BCUT2D eigenvalue weighted by atomic mass is 16.6. The molecule has 3 rings (SSSR count). The van der Waals surface area contributed by atoms with Crippen LogP contribution in [0.5, 0.6) is 0 Å². The van der Waals surface area contributed by atoms with E-state index < -0.39 is 10.9 Å². The summed E-state index contributed by atoms with van der Waals surface area (Å²) in [5.74, 6) is -0.0193. The number of hydrogen-bond donors (Lipinski definition) is 0. The van der Waals surface area contributed by atoms with Crippen molar-refractivity contribution in [1.82, 2.24) is 0 Å². The minimum atomic E-state index is -0.737. The molecular weight excluding hydrogens is 316 g/mol. The number of carbonyl (C=O) groups is 1. The molecule has 0 N–H and O–H groups in total. The number of anilines is 1. The summed E-state index contributed by atoms with van der Waals surface area (Å²) in [6, 6.07) is 8.05. The second-order valence-corrected chi connectivity index (χ2v) is 5.27. The van der Waals surface area contributed by atoms with Crippen molar-refractivity contribution in [2.24, 2.45) is 0 Å². The van der Waals surface area contributed by atoms with Gasteiger partial charge in [-0.1, -0.05) is 0 Å². The molecule has 0 amide bonds. The van der Waals surface area contributed by atoms with Gasteiger partial charge in [-0.05, 0) is 24.3 Å². The quantitative estimate of drug-likeness (QED) is 0.482. The molecule has 1 saturated heterocycles. The molecule has 0 radical (unpaired) electrons. The number of esters is 1. The van der Waals surface area contributed by atoms with Crippen LogP contribution < -0.4 is 4.90 Å². The fourth-order valence-corrected chi connectivity index (χ4v) is 2.68. The lowest BCUT2D eigenvalue weighted by Gasteiger charge is -2.33. The zero-order valence-electron chi connectivity index (χ0n) is 13.0. The van der Waals surface area contributed by atoms with E-state index in [4.69, 9.17) is 9.15 Å². The maximum absolute atomic E-state index is 11.8. The third kappa shape index (κ3) is 3.09. The minimum Gasteiger partial charge on any atom is -0.467 e. The molecule has 2 aromatic rings. The van der Waals surface area contributed by atoms with E-state index in [0.717, 1.165) is 5.76 Å². The highest BCUT2D eigenvalue weighted by Crippen LogP contribution is 2.30. The summed E-state index contributed by atoms with van der Waals surface area (Å²) in [6.45, 7) is 1.61. The first-order chi connectivity index (χ1) is 11.6. The molecule has 0 bridgehead atoms. The van der Waals surface area contributed by atoms with Crippen molar-refractivity contribution in [3.63, 3.8) is 0 Å². The van der Waals surface area contributed by atoms with E-state index in [2.05, 4.69) is 4.74 Å². The normalized spacial score (nSPS) is 17.5. The SMILES string of the molecule is COC(=O)c1cc(N2CCOC(c3ccco3)C2)ccc1[N+](=O)[O-]. The van der Waals surface area contributed by atoms with Crippen molar-refractivity contribution in [2.45, 2.75) is 6.10 Å². The lowest BCUT2D eigenvalue weighted by molar-refractivity contribution is -0.385. The van der Waals surface area contributed by atoms with Gasteiger partial charge < -0.3 is 18.8 Å². The lowest BCUT2D eigenvalue weighted by atomic mass is 10.1. The van der Waals surface area contributed by atoms with E-state index in [1.165, 1.54) is 19.2 Å². The van der Waals surface area contributed by atoms with Crippen LogP contribution in [-0.2, 0) is 9.47 Å². The van der Waals surface area contributed by atoms with Crippen molar-refractivity contribution < 1.29 is 23.6 Å². The van der Waals surface area contributed by atoms with Gasteiger partial charge in [0.1, 0.15) is 17.4 Å². The Hall–Kier alpha value is -2.87. The predicted molar refractivity (Wildman–Crippen MR) is 84.0 cm³/mol. The summed E-state index contributed by atoms with van der Waals surface area (Å²) in [6.07, 6.45) is 1.35. The van der Waals surface area contributed by atoms with Crippen LogP contribution in [0.2, 0.25) is 0 Å². The van der Waals surface area contributed by atoms with Crippen molar-refractivity contribution >= 4 is 17.3 Å². The van der Waals surface area contributed by atoms with Gasteiger partial charge in [-0.25, -0.2) is 4.79 Å². The molecule has 126 valence electrons. The van der Waals surface area contributed by atoms with Crippen molar-refractivity contribution in [3.05, 3.63) is 58.0 Å². The second kappa shape index (κ2) is 6.71. The van der Waals surface area contributed by atoms with Crippen molar-refractivity contribution in [3.8, 4) is 0 Å². The van der Waals surface area contributed by atoms with Crippen LogP contribution in [0.15, 0.2) is 41.0 Å². The van der Waals surface area contributed by atoms with Crippen LogP contribution >= 0.6 is 0 Å². The number of ether oxygens (including phenoxy) is 2. The Bertz CT molecular complexity index is 743. The topological polar surface area (TPSA) is 95.0 Å². The third-order valence-corrected chi connectivity index (χ3v) is 3.87. The summed E-state index contributed by atoms with van der Waals surface area (Å²) in [5, 5.41) is 11.1. The number of methoxy groups -OCH3 is 1. The van der Waals surface area contributed by atoms with Gasteiger partial charge in [0.2, 0.25) is 0 Å². The first-order valence-electron chi connectivity index (χ1n) is 7.37. The molecule has 1 fully saturated rings. The molecule has 1 unspecified atom stereocenters. The Morgan fingerprint density at radius 3 is 2.92 bits per heavy atom. The Kier molecular flexibility index (Phi) is 4.48. The maximum Gasteiger partial charge on any atom is 0.344 e. The smallest absolute Gasteiger partial charge is 0.344 e. The van der Waals surface area contributed by atoms with Gasteiger partial charge in [0.15, 0.2) is 0 Å². The predicted octanol–water partition coefficient (Wildman–Crippen LogP) is 2.55. The Morgan fingerprint density at radius 2 is 2.25 bits per heavy atom. The Balaban J connectivity index is 1.88. The summed E-state index contributed by atoms with van der Waals surface area (Å²) < 4.78 is 15.7. The van der Waals surface area contributed by atoms with Gasteiger partial charge in [-0.3, -0.25) is 10.1 Å². The number of nitrogens with zero attached hydrogens (tertiary/aromatic N) is 2. The van der Waals surface area contributed by atoms with Crippen LogP contribution in [0.1, 0.15) is 22.2 Å². The van der Waals surface area contributed by atoms with Gasteiger partial charge in [0, 0.05) is 18.3 Å². The van der Waals surface area contributed by atoms with Gasteiger partial charge in [-0.15, -0.1) is 0 Å². The number of morpholine rings is 1. The summed E-state index contributed by atoms with van der Waals surface area (Å²) in [4.78, 5) is 24.3. The number of carbonyl (C=O) groups excluding carboxylic acids is 1. The number of nitro groups is 1. The molecule has 8 nitrogen and oxygen atoms in total. The summed E-state index contributed by atoms with van der Waals surface area (Å²) in [7, 11) is 1.19. The van der Waals surface area contributed by atoms with E-state index in [1.807, 2.05) is 11.0 Å². The number of nitro benzene ring substituents is 1. The highest BCUT2D eigenvalue weighted by Gasteiger charge is 2.27. The Labute approximate surface area is 137 Å². The monoisotopic (exact) mass is 332 g/mol. The number of rotatable bonds is 4. The van der Waals surface area contributed by atoms with Crippen molar-refractivity contribution in [1.29, 1.82) is 0 Å². The van der Waals surface area contributed by atoms with Gasteiger partial charge in [0.05, 0.1) is 31.4 Å². The average Bonchev–Trinajstić information content (AvgIpc) is 3.15. The Morgan fingerprint density at radius 1 is 1.42 bits per heavy atom. The van der Waals surface area contributed by atoms with E-state index in [9.17, 15) is 14.9 Å². The zero-order chi connectivity index (χ0) is 17.1. The zero-order valence-corrected chi connectivity index (χ0v) is 13.0. The first kappa shape index (κ1) is 16.0.